The van der Waals surface area contributed by atoms with E-state index in [0.29, 0.717) is 31.0 Å². The Kier molecular flexibility index (Phi) is 4.92. The van der Waals surface area contributed by atoms with Gasteiger partial charge in [0.15, 0.2) is 11.5 Å². The molecule has 0 saturated carbocycles. The molecule has 1 aliphatic heterocycles. The van der Waals surface area contributed by atoms with Crippen molar-refractivity contribution in [3.8, 4) is 11.5 Å². The van der Waals surface area contributed by atoms with E-state index < -0.39 is 5.82 Å². The molecule has 1 amide bonds. The average molecular weight is 397 g/mol. The van der Waals surface area contributed by atoms with Crippen molar-refractivity contribution in [3.05, 3.63) is 64.0 Å². The van der Waals surface area contributed by atoms with Crippen molar-refractivity contribution in [2.75, 3.05) is 20.8 Å². The van der Waals surface area contributed by atoms with Gasteiger partial charge in [-0.05, 0) is 41.8 Å². The average Bonchev–Trinajstić information content (AvgIpc) is 2.74. The Labute approximate surface area is 166 Å². The molecular formula is C21H20FN3O4. The Bertz CT molecular complexity index is 1160. The molecule has 0 atom stereocenters. The predicted octanol–water partition coefficient (Wildman–Crippen LogP) is 2.14. The fourth-order valence-corrected chi connectivity index (χ4v) is 3.59. The summed E-state index contributed by atoms with van der Waals surface area (Å²) in [7, 11) is 3.16. The zero-order chi connectivity index (χ0) is 20.5. The Morgan fingerprint density at radius 1 is 1.14 bits per heavy atom. The van der Waals surface area contributed by atoms with E-state index in [1.807, 2.05) is 12.1 Å². The maximum atomic E-state index is 13.3. The highest BCUT2D eigenvalue weighted by molar-refractivity contribution is 5.79. The highest BCUT2D eigenvalue weighted by Crippen LogP contribution is 2.33. The lowest BCUT2D eigenvalue weighted by molar-refractivity contribution is -0.132. The normalized spacial score (nSPS) is 13.3. The lowest BCUT2D eigenvalue weighted by Crippen LogP contribution is -2.39. The van der Waals surface area contributed by atoms with Gasteiger partial charge in [0.1, 0.15) is 12.4 Å². The number of rotatable bonds is 4. The minimum atomic E-state index is -0.461. The summed E-state index contributed by atoms with van der Waals surface area (Å²) in [5.74, 6) is 0.632. The van der Waals surface area contributed by atoms with Crippen LogP contribution in [0, 0.1) is 5.82 Å². The lowest BCUT2D eigenvalue weighted by atomic mass is 9.98. The standard InChI is InChI=1S/C21H20FN3O4/c1-28-18-7-13-5-6-24(10-14(13)8-19(18)29-2)20(26)11-25-12-23-17-9-15(22)3-4-16(17)21(25)27/h3-4,7-9,12H,5-6,10-11H2,1-2H3. The van der Waals surface area contributed by atoms with Crippen LogP contribution in [0.1, 0.15) is 11.1 Å². The summed E-state index contributed by atoms with van der Waals surface area (Å²) in [4.78, 5) is 31.2. The first-order chi connectivity index (χ1) is 14.0. The second-order valence-corrected chi connectivity index (χ2v) is 6.88. The van der Waals surface area contributed by atoms with Gasteiger partial charge in [0.05, 0.1) is 31.4 Å². The number of fused-ring (bicyclic) bond motifs is 2. The van der Waals surface area contributed by atoms with Crippen LogP contribution >= 0.6 is 0 Å². The SMILES string of the molecule is COc1cc2c(cc1OC)CN(C(=O)Cn1cnc3cc(F)ccc3c1=O)CC2. The van der Waals surface area contributed by atoms with E-state index in [-0.39, 0.29) is 28.9 Å². The van der Waals surface area contributed by atoms with E-state index in [2.05, 4.69) is 4.98 Å². The van der Waals surface area contributed by atoms with Crippen LogP contribution in [0.15, 0.2) is 41.5 Å². The molecule has 29 heavy (non-hydrogen) atoms. The molecule has 0 fully saturated rings. The lowest BCUT2D eigenvalue weighted by Gasteiger charge is -2.29. The molecule has 0 spiro atoms. The summed E-state index contributed by atoms with van der Waals surface area (Å²) in [6.07, 6.45) is 1.97. The number of ether oxygens (including phenoxy) is 2. The molecular weight excluding hydrogens is 377 g/mol. The van der Waals surface area contributed by atoms with Gasteiger partial charge in [-0.2, -0.15) is 0 Å². The van der Waals surface area contributed by atoms with Crippen molar-refractivity contribution in [2.45, 2.75) is 19.5 Å². The predicted molar refractivity (Wildman–Crippen MR) is 105 cm³/mol. The molecule has 8 heteroatoms. The van der Waals surface area contributed by atoms with Crippen molar-refractivity contribution in [1.29, 1.82) is 0 Å². The Morgan fingerprint density at radius 3 is 2.59 bits per heavy atom. The van der Waals surface area contributed by atoms with Crippen LogP contribution in [0.25, 0.3) is 10.9 Å². The molecule has 7 nitrogen and oxygen atoms in total. The Morgan fingerprint density at radius 2 is 1.86 bits per heavy atom. The Balaban J connectivity index is 1.56. The third-order valence-corrected chi connectivity index (χ3v) is 5.16. The molecule has 1 aliphatic rings. The largest absolute Gasteiger partial charge is 0.493 e. The number of aromatic nitrogens is 2. The third-order valence-electron chi connectivity index (χ3n) is 5.16. The molecule has 1 aromatic heterocycles. The number of carbonyl (C=O) groups excluding carboxylic acids is 1. The Hall–Kier alpha value is -3.42. The van der Waals surface area contributed by atoms with Gasteiger partial charge in [-0.3, -0.25) is 14.2 Å². The number of nitrogens with zero attached hydrogens (tertiary/aromatic N) is 3. The number of methoxy groups -OCH3 is 2. The summed E-state index contributed by atoms with van der Waals surface area (Å²) in [6, 6.07) is 7.61. The smallest absolute Gasteiger partial charge is 0.261 e. The maximum absolute atomic E-state index is 13.3. The van der Waals surface area contributed by atoms with Crippen LogP contribution in [-0.2, 0) is 24.3 Å². The molecule has 0 bridgehead atoms. The van der Waals surface area contributed by atoms with Gasteiger partial charge >= 0.3 is 0 Å². The number of hydrogen-bond donors (Lipinski definition) is 0. The van der Waals surface area contributed by atoms with Crippen molar-refractivity contribution in [2.24, 2.45) is 0 Å². The molecule has 150 valence electrons. The van der Waals surface area contributed by atoms with Crippen LogP contribution in [0.4, 0.5) is 4.39 Å². The van der Waals surface area contributed by atoms with Gasteiger partial charge in [-0.15, -0.1) is 0 Å². The summed E-state index contributed by atoms with van der Waals surface area (Å²) in [6.45, 7) is 0.847. The van der Waals surface area contributed by atoms with E-state index >= 15 is 0 Å². The van der Waals surface area contributed by atoms with Crippen molar-refractivity contribution in [3.63, 3.8) is 0 Å². The summed E-state index contributed by atoms with van der Waals surface area (Å²) >= 11 is 0. The van der Waals surface area contributed by atoms with E-state index in [0.717, 1.165) is 11.1 Å². The van der Waals surface area contributed by atoms with Crippen molar-refractivity contribution in [1.82, 2.24) is 14.5 Å². The molecule has 0 unspecified atom stereocenters. The van der Waals surface area contributed by atoms with Gasteiger partial charge in [0.2, 0.25) is 5.91 Å². The third kappa shape index (κ3) is 3.53. The van der Waals surface area contributed by atoms with Crippen LogP contribution in [0.3, 0.4) is 0 Å². The molecule has 0 N–H and O–H groups in total. The first-order valence-corrected chi connectivity index (χ1v) is 9.16. The van der Waals surface area contributed by atoms with E-state index in [1.54, 1.807) is 19.1 Å². The molecule has 3 aromatic rings. The monoisotopic (exact) mass is 397 g/mol. The van der Waals surface area contributed by atoms with Crippen LogP contribution in [-0.4, -0.2) is 41.1 Å². The zero-order valence-electron chi connectivity index (χ0n) is 16.1. The fourth-order valence-electron chi connectivity index (χ4n) is 3.59. The first kappa shape index (κ1) is 18.9. The second-order valence-electron chi connectivity index (χ2n) is 6.88. The number of halogens is 1. The van der Waals surface area contributed by atoms with E-state index in [4.69, 9.17) is 9.47 Å². The van der Waals surface area contributed by atoms with Gasteiger partial charge in [0, 0.05) is 19.2 Å². The van der Waals surface area contributed by atoms with E-state index in [9.17, 15) is 14.0 Å². The fraction of sp³-hybridized carbons (Fsp3) is 0.286. The number of amides is 1. The molecule has 0 saturated heterocycles. The maximum Gasteiger partial charge on any atom is 0.261 e. The summed E-state index contributed by atoms with van der Waals surface area (Å²) < 4.78 is 25.3. The zero-order valence-corrected chi connectivity index (χ0v) is 16.1. The minimum absolute atomic E-state index is 0.123. The van der Waals surface area contributed by atoms with Crippen molar-refractivity contribution < 1.29 is 18.7 Å². The molecule has 0 aliphatic carbocycles. The summed E-state index contributed by atoms with van der Waals surface area (Å²) in [5.41, 5.74) is 2.00. The topological polar surface area (TPSA) is 73.7 Å². The number of carbonyl (C=O) groups is 1. The second kappa shape index (κ2) is 7.54. The van der Waals surface area contributed by atoms with Gasteiger partial charge in [-0.1, -0.05) is 0 Å². The van der Waals surface area contributed by atoms with Gasteiger partial charge in [0.25, 0.3) is 5.56 Å². The first-order valence-electron chi connectivity index (χ1n) is 9.16. The summed E-state index contributed by atoms with van der Waals surface area (Å²) in [5, 5.41) is 0.280. The number of hydrogen-bond acceptors (Lipinski definition) is 5. The van der Waals surface area contributed by atoms with Crippen LogP contribution < -0.4 is 15.0 Å². The minimum Gasteiger partial charge on any atom is -0.493 e. The molecule has 4 rings (SSSR count). The highest BCUT2D eigenvalue weighted by atomic mass is 19.1. The van der Waals surface area contributed by atoms with Crippen LogP contribution in [0.2, 0.25) is 0 Å². The van der Waals surface area contributed by atoms with E-state index in [1.165, 1.54) is 29.1 Å². The quantitative estimate of drug-likeness (QED) is 0.674. The molecule has 0 radical (unpaired) electrons. The van der Waals surface area contributed by atoms with Crippen LogP contribution in [0.5, 0.6) is 11.5 Å². The molecule has 2 aromatic carbocycles. The number of benzene rings is 2. The van der Waals surface area contributed by atoms with Gasteiger partial charge in [-0.25, -0.2) is 9.37 Å². The van der Waals surface area contributed by atoms with Gasteiger partial charge < -0.3 is 14.4 Å². The highest BCUT2D eigenvalue weighted by Gasteiger charge is 2.23. The van der Waals surface area contributed by atoms with Crippen molar-refractivity contribution >= 4 is 16.8 Å². The molecule has 2 heterocycles.